The summed E-state index contributed by atoms with van der Waals surface area (Å²) in [4.78, 5) is 16.0. The third kappa shape index (κ3) is 2.49. The summed E-state index contributed by atoms with van der Waals surface area (Å²) in [7, 11) is 0. The van der Waals surface area contributed by atoms with Crippen molar-refractivity contribution < 1.29 is 4.79 Å². The van der Waals surface area contributed by atoms with Gasteiger partial charge in [0.1, 0.15) is 0 Å². The van der Waals surface area contributed by atoms with E-state index in [1.807, 2.05) is 18.2 Å². The molecule has 0 spiro atoms. The van der Waals surface area contributed by atoms with Crippen LogP contribution in [0.5, 0.6) is 0 Å². The van der Waals surface area contributed by atoms with Gasteiger partial charge in [-0.05, 0) is 68.9 Å². The van der Waals surface area contributed by atoms with E-state index in [-0.39, 0.29) is 5.78 Å². The van der Waals surface area contributed by atoms with E-state index in [9.17, 15) is 4.79 Å². The highest BCUT2D eigenvalue weighted by Gasteiger charge is 2.12. The number of pyridine rings is 1. The molecule has 4 heteroatoms. The monoisotopic (exact) mass is 387 g/mol. The van der Waals surface area contributed by atoms with Crippen molar-refractivity contribution >= 4 is 44.3 Å². The molecule has 2 nitrogen and oxygen atoms in total. The molecule has 2 aromatic rings. The van der Waals surface area contributed by atoms with Crippen LogP contribution in [0.3, 0.4) is 0 Å². The number of aromatic nitrogens is 1. The first-order chi connectivity index (χ1) is 7.68. The first kappa shape index (κ1) is 11.7. The lowest BCUT2D eigenvalue weighted by molar-refractivity contribution is 0.103. The van der Waals surface area contributed by atoms with Gasteiger partial charge < -0.3 is 0 Å². The molecule has 0 fully saturated rings. The summed E-state index contributed by atoms with van der Waals surface area (Å²) in [5.41, 5.74) is 1.32. The third-order valence-electron chi connectivity index (χ3n) is 2.12. The van der Waals surface area contributed by atoms with E-state index in [4.69, 9.17) is 0 Å². The van der Waals surface area contributed by atoms with Crippen molar-refractivity contribution in [2.45, 2.75) is 0 Å². The van der Waals surface area contributed by atoms with Crippen molar-refractivity contribution in [1.82, 2.24) is 4.98 Å². The normalized spacial score (nSPS) is 10.1. The van der Waals surface area contributed by atoms with Crippen LogP contribution in [0.25, 0.3) is 0 Å². The molecule has 2 rings (SSSR count). The highest BCUT2D eigenvalue weighted by Crippen LogP contribution is 2.22. The van der Waals surface area contributed by atoms with Crippen LogP contribution in [0.1, 0.15) is 15.9 Å². The Hall–Kier alpha value is -0.750. The van der Waals surface area contributed by atoms with Gasteiger partial charge in [-0.3, -0.25) is 9.78 Å². The number of rotatable bonds is 2. The topological polar surface area (TPSA) is 30.0 Å². The van der Waals surface area contributed by atoms with Crippen molar-refractivity contribution in [2.75, 3.05) is 0 Å². The molecule has 0 aliphatic heterocycles. The predicted molar refractivity (Wildman–Crippen MR) is 74.5 cm³/mol. The summed E-state index contributed by atoms with van der Waals surface area (Å²) < 4.78 is 1.91. The van der Waals surface area contributed by atoms with Crippen molar-refractivity contribution in [3.63, 3.8) is 0 Å². The smallest absolute Gasteiger partial charge is 0.194 e. The molecular weight excluding hydrogens is 381 g/mol. The number of halogens is 2. The van der Waals surface area contributed by atoms with E-state index >= 15 is 0 Å². The Morgan fingerprint density at radius 2 is 1.88 bits per heavy atom. The quantitative estimate of drug-likeness (QED) is 0.581. The Kier molecular flexibility index (Phi) is 3.70. The van der Waals surface area contributed by atoms with E-state index in [0.717, 1.165) is 8.04 Å². The van der Waals surface area contributed by atoms with E-state index in [2.05, 4.69) is 43.5 Å². The van der Waals surface area contributed by atoms with Gasteiger partial charge in [0.2, 0.25) is 0 Å². The molecule has 0 amide bonds. The maximum Gasteiger partial charge on any atom is 0.194 e. The molecule has 1 heterocycles. The number of carbonyl (C=O) groups excluding carboxylic acids is 1. The largest absolute Gasteiger partial charge is 0.289 e. The number of nitrogens with zero attached hydrogens (tertiary/aromatic N) is 1. The number of hydrogen-bond acceptors (Lipinski definition) is 2. The van der Waals surface area contributed by atoms with Gasteiger partial charge >= 0.3 is 0 Å². The first-order valence-electron chi connectivity index (χ1n) is 4.58. The van der Waals surface area contributed by atoms with Crippen LogP contribution in [0.15, 0.2) is 47.2 Å². The Balaban J connectivity index is 2.42. The summed E-state index contributed by atoms with van der Waals surface area (Å²) in [6.07, 6.45) is 3.24. The van der Waals surface area contributed by atoms with Crippen LogP contribution >= 0.6 is 38.5 Å². The molecular formula is C12H7BrINO. The van der Waals surface area contributed by atoms with Crippen molar-refractivity contribution in [3.05, 3.63) is 61.9 Å². The number of benzene rings is 1. The minimum atomic E-state index is 0.00525. The van der Waals surface area contributed by atoms with Gasteiger partial charge in [-0.2, -0.15) is 0 Å². The Morgan fingerprint density at radius 1 is 1.19 bits per heavy atom. The number of hydrogen-bond donors (Lipinski definition) is 0. The minimum Gasteiger partial charge on any atom is -0.289 e. The van der Waals surface area contributed by atoms with Crippen LogP contribution in [0, 0.1) is 3.57 Å². The molecule has 0 atom stereocenters. The van der Waals surface area contributed by atoms with Crippen LogP contribution in [0.2, 0.25) is 0 Å². The Bertz CT molecular complexity index is 528. The zero-order valence-corrected chi connectivity index (χ0v) is 11.9. The maximum absolute atomic E-state index is 12.1. The summed E-state index contributed by atoms with van der Waals surface area (Å²) in [5, 5.41) is 0. The summed E-state index contributed by atoms with van der Waals surface area (Å²) >= 11 is 5.61. The number of ketones is 1. The van der Waals surface area contributed by atoms with Crippen LogP contribution in [-0.4, -0.2) is 10.8 Å². The molecule has 0 radical (unpaired) electrons. The van der Waals surface area contributed by atoms with Gasteiger partial charge in [0.05, 0.1) is 0 Å². The van der Waals surface area contributed by atoms with E-state index < -0.39 is 0 Å². The Labute approximate surface area is 115 Å². The zero-order chi connectivity index (χ0) is 11.5. The molecule has 0 unspecified atom stereocenters. The standard InChI is InChI=1S/C12H7BrINO/c13-11-7-9(14)1-2-10(11)12(16)8-3-5-15-6-4-8/h1-7H. The molecule has 1 aromatic heterocycles. The second kappa shape index (κ2) is 5.05. The van der Waals surface area contributed by atoms with Gasteiger partial charge in [0.25, 0.3) is 0 Å². The lowest BCUT2D eigenvalue weighted by Crippen LogP contribution is -2.02. The molecule has 16 heavy (non-hydrogen) atoms. The highest BCUT2D eigenvalue weighted by atomic mass is 127. The van der Waals surface area contributed by atoms with Gasteiger partial charge in [0, 0.05) is 31.6 Å². The SMILES string of the molecule is O=C(c1ccncc1)c1ccc(I)cc1Br. The van der Waals surface area contributed by atoms with Gasteiger partial charge in [-0.25, -0.2) is 0 Å². The fourth-order valence-electron chi connectivity index (χ4n) is 1.33. The van der Waals surface area contributed by atoms with E-state index in [1.165, 1.54) is 0 Å². The first-order valence-corrected chi connectivity index (χ1v) is 6.45. The number of carbonyl (C=O) groups is 1. The Morgan fingerprint density at radius 3 is 2.50 bits per heavy atom. The van der Waals surface area contributed by atoms with Gasteiger partial charge in [-0.15, -0.1) is 0 Å². The molecule has 1 aromatic carbocycles. The lowest BCUT2D eigenvalue weighted by atomic mass is 10.1. The molecule has 0 N–H and O–H groups in total. The van der Waals surface area contributed by atoms with Gasteiger partial charge in [-0.1, -0.05) is 0 Å². The summed E-state index contributed by atoms with van der Waals surface area (Å²) in [6, 6.07) is 9.10. The second-order valence-corrected chi connectivity index (χ2v) is 5.29. The lowest BCUT2D eigenvalue weighted by Gasteiger charge is -2.03. The average molecular weight is 388 g/mol. The minimum absolute atomic E-state index is 0.00525. The fourth-order valence-corrected chi connectivity index (χ4v) is 2.81. The van der Waals surface area contributed by atoms with Crippen LogP contribution < -0.4 is 0 Å². The maximum atomic E-state index is 12.1. The molecule has 0 saturated carbocycles. The highest BCUT2D eigenvalue weighted by molar-refractivity contribution is 14.1. The van der Waals surface area contributed by atoms with Gasteiger partial charge in [0.15, 0.2) is 5.78 Å². The molecule has 80 valence electrons. The van der Waals surface area contributed by atoms with Crippen molar-refractivity contribution in [2.24, 2.45) is 0 Å². The van der Waals surface area contributed by atoms with E-state index in [1.54, 1.807) is 24.5 Å². The van der Waals surface area contributed by atoms with E-state index in [0.29, 0.717) is 11.1 Å². The average Bonchev–Trinajstić information content (AvgIpc) is 2.29. The molecule has 0 bridgehead atoms. The molecule has 0 saturated heterocycles. The van der Waals surface area contributed by atoms with Crippen LogP contribution in [-0.2, 0) is 0 Å². The summed E-state index contributed by atoms with van der Waals surface area (Å²) in [6.45, 7) is 0. The summed E-state index contributed by atoms with van der Waals surface area (Å²) in [5.74, 6) is 0.00525. The third-order valence-corrected chi connectivity index (χ3v) is 3.45. The predicted octanol–water partition coefficient (Wildman–Crippen LogP) is 3.68. The molecule has 0 aliphatic rings. The molecule has 0 aliphatic carbocycles. The van der Waals surface area contributed by atoms with Crippen LogP contribution in [0.4, 0.5) is 0 Å². The van der Waals surface area contributed by atoms with Crippen molar-refractivity contribution in [1.29, 1.82) is 0 Å². The second-order valence-electron chi connectivity index (χ2n) is 3.19. The fraction of sp³-hybridized carbons (Fsp3) is 0. The zero-order valence-electron chi connectivity index (χ0n) is 8.15. The van der Waals surface area contributed by atoms with Crippen molar-refractivity contribution in [3.8, 4) is 0 Å².